The SMILES string of the molecule is O=S(=O)(c1ccc(Nc2ncnc3c2CN(c2ncccc2Cl)CC3)cc1)C(F)(F)F. The Kier molecular flexibility index (Phi) is 5.48. The van der Waals surface area contributed by atoms with Crippen molar-refractivity contribution in [1.82, 2.24) is 15.0 Å². The van der Waals surface area contributed by atoms with Gasteiger partial charge in [-0.25, -0.2) is 23.4 Å². The lowest BCUT2D eigenvalue weighted by Crippen LogP contribution is -2.32. The normalized spacial score (nSPS) is 14.3. The molecular formula is C19H15ClF3N5O2S. The average Bonchev–Trinajstić information content (AvgIpc) is 2.74. The van der Waals surface area contributed by atoms with Crippen LogP contribution in [0.25, 0.3) is 0 Å². The maximum absolute atomic E-state index is 12.7. The number of nitrogens with one attached hydrogen (secondary N) is 1. The molecule has 1 N–H and O–H groups in total. The van der Waals surface area contributed by atoms with E-state index in [0.717, 1.165) is 23.4 Å². The van der Waals surface area contributed by atoms with Crippen molar-refractivity contribution in [3.05, 3.63) is 65.2 Å². The molecule has 1 aromatic carbocycles. The summed E-state index contributed by atoms with van der Waals surface area (Å²) in [4.78, 5) is 14.0. The third-order valence-electron chi connectivity index (χ3n) is 4.77. The molecule has 31 heavy (non-hydrogen) atoms. The first kappa shape index (κ1) is 21.3. The van der Waals surface area contributed by atoms with E-state index < -0.39 is 20.2 Å². The van der Waals surface area contributed by atoms with Crippen LogP contribution in [0.4, 0.5) is 30.5 Å². The van der Waals surface area contributed by atoms with E-state index in [1.54, 1.807) is 18.3 Å². The summed E-state index contributed by atoms with van der Waals surface area (Å²) >= 11 is 6.26. The minimum absolute atomic E-state index is 0.384. The molecule has 1 aliphatic rings. The van der Waals surface area contributed by atoms with Gasteiger partial charge in [0.15, 0.2) is 0 Å². The maximum Gasteiger partial charge on any atom is 0.501 e. The molecule has 0 spiro atoms. The Morgan fingerprint density at radius 2 is 1.81 bits per heavy atom. The first-order valence-corrected chi connectivity index (χ1v) is 10.9. The third kappa shape index (κ3) is 4.15. The number of aromatic nitrogens is 3. The van der Waals surface area contributed by atoms with E-state index >= 15 is 0 Å². The van der Waals surface area contributed by atoms with Crippen LogP contribution in [0.3, 0.4) is 0 Å². The number of hydrogen-bond donors (Lipinski definition) is 1. The number of rotatable bonds is 4. The minimum Gasteiger partial charge on any atom is -0.350 e. The fourth-order valence-corrected chi connectivity index (χ4v) is 4.23. The Morgan fingerprint density at radius 3 is 2.48 bits per heavy atom. The second-order valence-electron chi connectivity index (χ2n) is 6.73. The van der Waals surface area contributed by atoms with Crippen LogP contribution in [0.1, 0.15) is 11.3 Å². The van der Waals surface area contributed by atoms with Crippen LogP contribution in [0.15, 0.2) is 53.8 Å². The average molecular weight is 470 g/mol. The summed E-state index contributed by atoms with van der Waals surface area (Å²) in [7, 11) is -5.40. The number of hydrogen-bond acceptors (Lipinski definition) is 7. The van der Waals surface area contributed by atoms with Crippen LogP contribution in [-0.4, -0.2) is 35.4 Å². The molecule has 0 fully saturated rings. The van der Waals surface area contributed by atoms with Crippen LogP contribution in [-0.2, 0) is 22.8 Å². The predicted molar refractivity (Wildman–Crippen MR) is 109 cm³/mol. The molecule has 0 bridgehead atoms. The van der Waals surface area contributed by atoms with E-state index in [-0.39, 0.29) is 0 Å². The van der Waals surface area contributed by atoms with Gasteiger partial charge in [-0.2, -0.15) is 13.2 Å². The van der Waals surface area contributed by atoms with Crippen molar-refractivity contribution >= 4 is 38.8 Å². The molecule has 0 saturated heterocycles. The molecule has 12 heteroatoms. The lowest BCUT2D eigenvalue weighted by atomic mass is 10.1. The molecule has 2 aromatic heterocycles. The van der Waals surface area contributed by atoms with E-state index in [9.17, 15) is 21.6 Å². The summed E-state index contributed by atoms with van der Waals surface area (Å²) in [5.74, 6) is 1.10. The standard InChI is InChI=1S/C19H15ClF3N5O2S/c20-15-2-1-8-24-18(15)28-9-7-16-14(10-28)17(26-11-25-16)27-12-3-5-13(6-4-12)31(29,30)19(21,22)23/h1-6,8,11H,7,9-10H2,(H,25,26,27). The topological polar surface area (TPSA) is 88.1 Å². The zero-order chi connectivity index (χ0) is 22.2. The summed E-state index contributed by atoms with van der Waals surface area (Å²) in [5, 5.41) is 3.54. The highest BCUT2D eigenvalue weighted by Gasteiger charge is 2.46. The smallest absolute Gasteiger partial charge is 0.350 e. The highest BCUT2D eigenvalue weighted by Crippen LogP contribution is 2.33. The van der Waals surface area contributed by atoms with Crippen molar-refractivity contribution in [1.29, 1.82) is 0 Å². The number of fused-ring (bicyclic) bond motifs is 1. The molecule has 0 amide bonds. The molecule has 0 aliphatic carbocycles. The Labute approximate surface area is 180 Å². The quantitative estimate of drug-likeness (QED) is 0.614. The number of alkyl halides is 3. The van der Waals surface area contributed by atoms with E-state index in [1.165, 1.54) is 18.5 Å². The van der Waals surface area contributed by atoms with Crippen molar-refractivity contribution in [3.63, 3.8) is 0 Å². The van der Waals surface area contributed by atoms with Gasteiger partial charge in [-0.15, -0.1) is 0 Å². The predicted octanol–water partition coefficient (Wildman–Crippen LogP) is 4.12. The Morgan fingerprint density at radius 1 is 1.06 bits per heavy atom. The maximum atomic E-state index is 12.7. The number of halogens is 4. The van der Waals surface area contributed by atoms with Crippen LogP contribution in [0.2, 0.25) is 5.02 Å². The molecule has 4 rings (SSSR count). The van der Waals surface area contributed by atoms with E-state index in [4.69, 9.17) is 11.6 Å². The lowest BCUT2D eigenvalue weighted by Gasteiger charge is -2.30. The van der Waals surface area contributed by atoms with Crippen molar-refractivity contribution in [2.24, 2.45) is 0 Å². The van der Waals surface area contributed by atoms with E-state index in [0.29, 0.717) is 41.9 Å². The zero-order valence-corrected chi connectivity index (χ0v) is 17.3. The Balaban J connectivity index is 1.60. The monoisotopic (exact) mass is 469 g/mol. The van der Waals surface area contributed by atoms with Crippen molar-refractivity contribution in [2.45, 2.75) is 23.4 Å². The molecule has 3 aromatic rings. The summed E-state index contributed by atoms with van der Waals surface area (Å²) in [6.45, 7) is 1.08. The molecule has 162 valence electrons. The zero-order valence-electron chi connectivity index (χ0n) is 15.8. The fraction of sp³-hybridized carbons (Fsp3) is 0.211. The van der Waals surface area contributed by atoms with Crippen LogP contribution in [0, 0.1) is 0 Å². The van der Waals surface area contributed by atoms with Gasteiger partial charge in [-0.1, -0.05) is 11.6 Å². The van der Waals surface area contributed by atoms with Crippen molar-refractivity contribution in [2.75, 3.05) is 16.8 Å². The van der Waals surface area contributed by atoms with Gasteiger partial charge in [-0.3, -0.25) is 0 Å². The Hall–Kier alpha value is -2.92. The molecule has 0 radical (unpaired) electrons. The van der Waals surface area contributed by atoms with Crippen LogP contribution >= 0.6 is 11.6 Å². The summed E-state index contributed by atoms with van der Waals surface area (Å²) in [6.07, 6.45) is 3.67. The fourth-order valence-electron chi connectivity index (χ4n) is 3.23. The first-order valence-electron chi connectivity index (χ1n) is 9.03. The number of sulfone groups is 1. The largest absolute Gasteiger partial charge is 0.501 e. The third-order valence-corrected chi connectivity index (χ3v) is 6.57. The molecule has 7 nitrogen and oxygen atoms in total. The van der Waals surface area contributed by atoms with Crippen LogP contribution in [0.5, 0.6) is 0 Å². The van der Waals surface area contributed by atoms with Gasteiger partial charge in [0.05, 0.1) is 15.6 Å². The van der Waals surface area contributed by atoms with Gasteiger partial charge in [0.1, 0.15) is 18.0 Å². The highest BCUT2D eigenvalue weighted by atomic mass is 35.5. The van der Waals surface area contributed by atoms with Gasteiger partial charge in [0.2, 0.25) is 0 Å². The van der Waals surface area contributed by atoms with Gasteiger partial charge in [0, 0.05) is 37.0 Å². The highest BCUT2D eigenvalue weighted by molar-refractivity contribution is 7.92. The van der Waals surface area contributed by atoms with Crippen molar-refractivity contribution < 1.29 is 21.6 Å². The van der Waals surface area contributed by atoms with Gasteiger partial charge in [0.25, 0.3) is 9.84 Å². The second-order valence-corrected chi connectivity index (χ2v) is 9.07. The molecule has 0 saturated carbocycles. The van der Waals surface area contributed by atoms with Gasteiger partial charge < -0.3 is 10.2 Å². The lowest BCUT2D eigenvalue weighted by molar-refractivity contribution is -0.0436. The van der Waals surface area contributed by atoms with Gasteiger partial charge in [-0.05, 0) is 36.4 Å². The van der Waals surface area contributed by atoms with Gasteiger partial charge >= 0.3 is 5.51 Å². The summed E-state index contributed by atoms with van der Waals surface area (Å²) < 4.78 is 61.2. The van der Waals surface area contributed by atoms with E-state index in [1.807, 2.05) is 4.90 Å². The van der Waals surface area contributed by atoms with E-state index in [2.05, 4.69) is 20.3 Å². The van der Waals surface area contributed by atoms with Crippen LogP contribution < -0.4 is 10.2 Å². The Bertz CT molecular complexity index is 1220. The molecule has 3 heterocycles. The van der Waals surface area contributed by atoms with Crippen molar-refractivity contribution in [3.8, 4) is 0 Å². The second kappa shape index (κ2) is 7.97. The number of pyridine rings is 1. The molecule has 0 atom stereocenters. The molecule has 0 unspecified atom stereocenters. The molecule has 1 aliphatic heterocycles. The number of anilines is 3. The first-order chi connectivity index (χ1) is 14.7. The summed E-state index contributed by atoms with van der Waals surface area (Å²) in [5.41, 5.74) is -3.35. The minimum atomic E-state index is -5.40. The summed E-state index contributed by atoms with van der Waals surface area (Å²) in [6, 6.07) is 7.79. The molecular weight excluding hydrogens is 455 g/mol. The number of nitrogens with zero attached hydrogens (tertiary/aromatic N) is 4. The number of benzene rings is 1.